The van der Waals surface area contributed by atoms with Gasteiger partial charge < -0.3 is 15.1 Å². The Kier molecular flexibility index (Phi) is 6.99. The van der Waals surface area contributed by atoms with Crippen molar-refractivity contribution in [1.29, 1.82) is 0 Å². The van der Waals surface area contributed by atoms with Crippen LogP contribution in [0.1, 0.15) is 58.3 Å². The Bertz CT molecular complexity index is 318. The van der Waals surface area contributed by atoms with Gasteiger partial charge >= 0.3 is 5.97 Å². The van der Waals surface area contributed by atoms with E-state index in [1.54, 1.807) is 4.90 Å². The van der Waals surface area contributed by atoms with Gasteiger partial charge in [0.15, 0.2) is 0 Å². The summed E-state index contributed by atoms with van der Waals surface area (Å²) < 4.78 is 0. The van der Waals surface area contributed by atoms with Gasteiger partial charge in [-0.2, -0.15) is 0 Å². The molecule has 0 spiro atoms. The largest absolute Gasteiger partial charge is 0.481 e. The van der Waals surface area contributed by atoms with E-state index in [2.05, 4.69) is 0 Å². The van der Waals surface area contributed by atoms with Crippen molar-refractivity contribution in [1.82, 2.24) is 4.90 Å². The van der Waals surface area contributed by atoms with E-state index in [1.165, 1.54) is 0 Å². The normalized spacial score (nSPS) is 17.7. The SMILES string of the molecule is CCCN(CCO)C(=O)CC1(CC(=O)O)CCCCC1. The Morgan fingerprint density at radius 3 is 2.25 bits per heavy atom. The average molecular weight is 285 g/mol. The molecule has 1 rings (SSSR count). The maximum absolute atomic E-state index is 12.4. The number of aliphatic hydroxyl groups is 1. The molecule has 5 heteroatoms. The minimum atomic E-state index is -0.816. The number of carbonyl (C=O) groups is 2. The van der Waals surface area contributed by atoms with E-state index in [0.29, 0.717) is 19.5 Å². The number of aliphatic hydroxyl groups excluding tert-OH is 1. The van der Waals surface area contributed by atoms with Crippen LogP contribution in [0.25, 0.3) is 0 Å². The maximum atomic E-state index is 12.4. The molecule has 1 aliphatic rings. The third-order valence-corrected chi connectivity index (χ3v) is 4.18. The van der Waals surface area contributed by atoms with Crippen LogP contribution >= 0.6 is 0 Å². The first-order valence-corrected chi connectivity index (χ1v) is 7.63. The minimum Gasteiger partial charge on any atom is -0.481 e. The number of amides is 1. The number of aliphatic carboxylic acids is 1. The number of carbonyl (C=O) groups excluding carboxylic acids is 1. The molecule has 1 amide bonds. The van der Waals surface area contributed by atoms with Gasteiger partial charge in [0, 0.05) is 19.5 Å². The van der Waals surface area contributed by atoms with Crippen molar-refractivity contribution in [3.63, 3.8) is 0 Å². The lowest BCUT2D eigenvalue weighted by Crippen LogP contribution is -2.39. The fourth-order valence-corrected chi connectivity index (χ4v) is 3.22. The van der Waals surface area contributed by atoms with Gasteiger partial charge in [-0.15, -0.1) is 0 Å². The Labute approximate surface area is 121 Å². The highest BCUT2D eigenvalue weighted by Crippen LogP contribution is 2.42. The Morgan fingerprint density at radius 2 is 1.75 bits per heavy atom. The first kappa shape index (κ1) is 17.0. The highest BCUT2D eigenvalue weighted by molar-refractivity contribution is 5.78. The number of carboxylic acids is 1. The second-order valence-electron chi connectivity index (χ2n) is 5.91. The van der Waals surface area contributed by atoms with Gasteiger partial charge in [-0.1, -0.05) is 26.2 Å². The van der Waals surface area contributed by atoms with Gasteiger partial charge in [0.25, 0.3) is 0 Å². The van der Waals surface area contributed by atoms with Crippen molar-refractivity contribution in [2.45, 2.75) is 58.3 Å². The number of carboxylic acid groups (broad SMARTS) is 1. The van der Waals surface area contributed by atoms with E-state index in [0.717, 1.165) is 38.5 Å². The molecule has 1 fully saturated rings. The molecule has 0 heterocycles. The van der Waals surface area contributed by atoms with Crippen LogP contribution in [0, 0.1) is 5.41 Å². The molecule has 0 aliphatic heterocycles. The fourth-order valence-electron chi connectivity index (χ4n) is 3.22. The number of hydrogen-bond acceptors (Lipinski definition) is 3. The van der Waals surface area contributed by atoms with E-state index in [4.69, 9.17) is 10.2 Å². The molecule has 0 atom stereocenters. The lowest BCUT2D eigenvalue weighted by molar-refractivity contribution is -0.142. The average Bonchev–Trinajstić information content (AvgIpc) is 2.38. The van der Waals surface area contributed by atoms with Crippen molar-refractivity contribution in [2.24, 2.45) is 5.41 Å². The van der Waals surface area contributed by atoms with Gasteiger partial charge in [0.1, 0.15) is 0 Å². The van der Waals surface area contributed by atoms with Crippen LogP contribution in [0.2, 0.25) is 0 Å². The zero-order valence-electron chi connectivity index (χ0n) is 12.4. The molecule has 0 bridgehead atoms. The van der Waals surface area contributed by atoms with Crippen molar-refractivity contribution < 1.29 is 19.8 Å². The molecule has 0 aromatic carbocycles. The van der Waals surface area contributed by atoms with Crippen LogP contribution < -0.4 is 0 Å². The summed E-state index contributed by atoms with van der Waals surface area (Å²) in [5.41, 5.74) is -0.372. The molecule has 20 heavy (non-hydrogen) atoms. The van der Waals surface area contributed by atoms with Crippen LogP contribution in [0.15, 0.2) is 0 Å². The summed E-state index contributed by atoms with van der Waals surface area (Å²) in [6.45, 7) is 2.92. The van der Waals surface area contributed by atoms with E-state index in [-0.39, 0.29) is 24.3 Å². The predicted molar refractivity (Wildman–Crippen MR) is 76.3 cm³/mol. The summed E-state index contributed by atoms with van der Waals surface area (Å²) in [5, 5.41) is 18.2. The first-order chi connectivity index (χ1) is 9.53. The summed E-state index contributed by atoms with van der Waals surface area (Å²) in [7, 11) is 0. The van der Waals surface area contributed by atoms with E-state index in [1.807, 2.05) is 6.92 Å². The molecule has 0 radical (unpaired) electrons. The third-order valence-electron chi connectivity index (χ3n) is 4.18. The molecular formula is C15H27NO4. The minimum absolute atomic E-state index is 0.0101. The highest BCUT2D eigenvalue weighted by Gasteiger charge is 2.37. The summed E-state index contributed by atoms with van der Waals surface area (Å²) in [4.78, 5) is 25.2. The second-order valence-corrected chi connectivity index (χ2v) is 5.91. The summed E-state index contributed by atoms with van der Waals surface area (Å²) in [6, 6.07) is 0. The van der Waals surface area contributed by atoms with Crippen LogP contribution in [0.3, 0.4) is 0 Å². The van der Waals surface area contributed by atoms with Crippen molar-refractivity contribution in [3.8, 4) is 0 Å². The third kappa shape index (κ3) is 5.12. The lowest BCUT2D eigenvalue weighted by atomic mass is 9.69. The van der Waals surface area contributed by atoms with Gasteiger partial charge in [-0.05, 0) is 24.7 Å². The van der Waals surface area contributed by atoms with Gasteiger partial charge in [-0.25, -0.2) is 0 Å². The van der Waals surface area contributed by atoms with Gasteiger partial charge in [0.2, 0.25) is 5.91 Å². The van der Waals surface area contributed by atoms with E-state index in [9.17, 15) is 9.59 Å². The summed E-state index contributed by atoms with van der Waals surface area (Å²) in [5.74, 6) is -0.826. The highest BCUT2D eigenvalue weighted by atomic mass is 16.4. The fraction of sp³-hybridized carbons (Fsp3) is 0.867. The van der Waals surface area contributed by atoms with Crippen molar-refractivity contribution in [3.05, 3.63) is 0 Å². The Morgan fingerprint density at radius 1 is 1.10 bits per heavy atom. The molecular weight excluding hydrogens is 258 g/mol. The number of nitrogens with zero attached hydrogens (tertiary/aromatic N) is 1. The van der Waals surface area contributed by atoms with Crippen molar-refractivity contribution in [2.75, 3.05) is 19.7 Å². The topological polar surface area (TPSA) is 77.8 Å². The molecule has 116 valence electrons. The van der Waals surface area contributed by atoms with Crippen LogP contribution in [0.5, 0.6) is 0 Å². The van der Waals surface area contributed by atoms with E-state index >= 15 is 0 Å². The van der Waals surface area contributed by atoms with Crippen molar-refractivity contribution >= 4 is 11.9 Å². The monoisotopic (exact) mass is 285 g/mol. The Balaban J connectivity index is 2.71. The van der Waals surface area contributed by atoms with Gasteiger partial charge in [-0.3, -0.25) is 9.59 Å². The van der Waals surface area contributed by atoms with Crippen LogP contribution in [0.4, 0.5) is 0 Å². The quantitative estimate of drug-likeness (QED) is 0.715. The van der Waals surface area contributed by atoms with E-state index < -0.39 is 5.97 Å². The number of hydrogen-bond donors (Lipinski definition) is 2. The molecule has 2 N–H and O–H groups in total. The molecule has 1 aliphatic carbocycles. The first-order valence-electron chi connectivity index (χ1n) is 7.63. The molecule has 0 saturated heterocycles. The van der Waals surface area contributed by atoms with Crippen LogP contribution in [-0.4, -0.2) is 46.7 Å². The maximum Gasteiger partial charge on any atom is 0.303 e. The zero-order chi connectivity index (χ0) is 15.0. The summed E-state index contributed by atoms with van der Waals surface area (Å²) >= 11 is 0. The zero-order valence-corrected chi connectivity index (χ0v) is 12.4. The second kappa shape index (κ2) is 8.25. The predicted octanol–water partition coefficient (Wildman–Crippen LogP) is 2.03. The summed E-state index contributed by atoms with van der Waals surface area (Å²) in [6.07, 6.45) is 6.02. The van der Waals surface area contributed by atoms with Gasteiger partial charge in [0.05, 0.1) is 13.0 Å². The smallest absolute Gasteiger partial charge is 0.303 e. The standard InChI is InChI=1S/C15H27NO4/c1-2-8-16(9-10-17)13(18)11-15(12-14(19)20)6-4-3-5-7-15/h17H,2-12H2,1H3,(H,19,20). The lowest BCUT2D eigenvalue weighted by Gasteiger charge is -2.37. The molecule has 0 aromatic heterocycles. The number of rotatable bonds is 8. The molecule has 1 saturated carbocycles. The molecule has 0 aromatic rings. The Hall–Kier alpha value is -1.10. The molecule has 5 nitrogen and oxygen atoms in total. The van der Waals surface area contributed by atoms with Crippen LogP contribution in [-0.2, 0) is 9.59 Å². The molecule has 0 unspecified atom stereocenters.